The van der Waals surface area contributed by atoms with Crippen LogP contribution in [-0.2, 0) is 13.1 Å². The van der Waals surface area contributed by atoms with Crippen molar-refractivity contribution in [1.29, 1.82) is 0 Å². The van der Waals surface area contributed by atoms with E-state index in [-0.39, 0.29) is 5.56 Å². The molecule has 1 aliphatic carbocycles. The van der Waals surface area contributed by atoms with E-state index in [0.717, 1.165) is 24.2 Å². The Labute approximate surface area is 122 Å². The van der Waals surface area contributed by atoms with Crippen LogP contribution in [0.5, 0.6) is 0 Å². The fourth-order valence-electron chi connectivity index (χ4n) is 2.44. The normalized spacial score (nSPS) is 15.3. The molecular weight excluding hydrogens is 248 g/mol. The maximum Gasteiger partial charge on any atom is 0.255 e. The van der Waals surface area contributed by atoms with Crippen LogP contribution in [0.2, 0.25) is 0 Å². The van der Waals surface area contributed by atoms with Crippen molar-refractivity contribution in [2.24, 2.45) is 5.92 Å². The topological polar surface area (TPSA) is 34.0 Å². The first kappa shape index (κ1) is 15.3. The Morgan fingerprint density at radius 2 is 1.95 bits per heavy atom. The van der Waals surface area contributed by atoms with E-state index in [4.69, 9.17) is 0 Å². The molecule has 3 nitrogen and oxygen atoms in total. The first-order chi connectivity index (χ1) is 9.49. The summed E-state index contributed by atoms with van der Waals surface area (Å²) in [6, 6.07) is 4.79. The first-order valence-electron chi connectivity index (χ1n) is 7.95. The van der Waals surface area contributed by atoms with Crippen molar-refractivity contribution in [3.63, 3.8) is 0 Å². The fourth-order valence-corrected chi connectivity index (χ4v) is 2.44. The van der Waals surface area contributed by atoms with Gasteiger partial charge in [-0.3, -0.25) is 4.79 Å². The monoisotopic (exact) mass is 276 g/mol. The van der Waals surface area contributed by atoms with Gasteiger partial charge in [0.2, 0.25) is 0 Å². The molecule has 2 rings (SSSR count). The first-order valence-corrected chi connectivity index (χ1v) is 7.95. The number of nitrogens with one attached hydrogen (secondary N) is 1. The molecule has 1 aromatic heterocycles. The second-order valence-corrected chi connectivity index (χ2v) is 6.73. The number of nitrogens with zero attached hydrogens (tertiary/aromatic N) is 1. The molecule has 1 fully saturated rings. The summed E-state index contributed by atoms with van der Waals surface area (Å²) in [5, 5.41) is 3.44. The van der Waals surface area contributed by atoms with Crippen LogP contribution in [0.3, 0.4) is 0 Å². The Bertz CT molecular complexity index is 498. The maximum atomic E-state index is 12.7. The summed E-state index contributed by atoms with van der Waals surface area (Å²) in [5.74, 6) is 1.01. The van der Waals surface area contributed by atoms with E-state index < -0.39 is 0 Å². The zero-order chi connectivity index (χ0) is 14.7. The standard InChI is InChI=1S/C17H28N2O/c1-12(2)9-10-19-16(13(3)4)8-5-14(17(19)20)11-18-15-6-7-15/h5,8,12-13,15,18H,6-7,9-11H2,1-4H3. The number of aromatic nitrogens is 1. The average molecular weight is 276 g/mol. The predicted molar refractivity (Wildman–Crippen MR) is 84.1 cm³/mol. The van der Waals surface area contributed by atoms with Crippen LogP contribution in [0, 0.1) is 5.92 Å². The second-order valence-electron chi connectivity index (χ2n) is 6.73. The zero-order valence-electron chi connectivity index (χ0n) is 13.3. The van der Waals surface area contributed by atoms with Crippen molar-refractivity contribution in [2.75, 3.05) is 0 Å². The molecule has 0 amide bonds. The van der Waals surface area contributed by atoms with Crippen LogP contribution in [0.4, 0.5) is 0 Å². The van der Waals surface area contributed by atoms with Crippen LogP contribution >= 0.6 is 0 Å². The molecule has 0 aromatic carbocycles. The molecule has 20 heavy (non-hydrogen) atoms. The lowest BCUT2D eigenvalue weighted by Crippen LogP contribution is -2.30. The summed E-state index contributed by atoms with van der Waals surface area (Å²) in [5.41, 5.74) is 2.26. The minimum Gasteiger partial charge on any atom is -0.312 e. The lowest BCUT2D eigenvalue weighted by atomic mass is 10.1. The van der Waals surface area contributed by atoms with E-state index in [2.05, 4.69) is 39.1 Å². The van der Waals surface area contributed by atoms with Gasteiger partial charge in [-0.05, 0) is 37.2 Å². The van der Waals surface area contributed by atoms with Crippen LogP contribution in [0.15, 0.2) is 16.9 Å². The highest BCUT2D eigenvalue weighted by atomic mass is 16.1. The highest BCUT2D eigenvalue weighted by Crippen LogP contribution is 2.19. The Morgan fingerprint density at radius 3 is 2.50 bits per heavy atom. The van der Waals surface area contributed by atoms with Gasteiger partial charge in [0.15, 0.2) is 0 Å². The number of rotatable bonds is 7. The molecule has 1 saturated carbocycles. The molecule has 0 spiro atoms. The van der Waals surface area contributed by atoms with Crippen molar-refractivity contribution in [3.05, 3.63) is 33.7 Å². The highest BCUT2D eigenvalue weighted by molar-refractivity contribution is 5.19. The number of pyridine rings is 1. The Balaban J connectivity index is 2.21. The molecule has 112 valence electrons. The van der Waals surface area contributed by atoms with E-state index in [1.165, 1.54) is 12.8 Å². The van der Waals surface area contributed by atoms with Gasteiger partial charge in [0.1, 0.15) is 0 Å². The van der Waals surface area contributed by atoms with Crippen molar-refractivity contribution in [3.8, 4) is 0 Å². The fraction of sp³-hybridized carbons (Fsp3) is 0.706. The van der Waals surface area contributed by atoms with Crippen molar-refractivity contribution in [2.45, 2.75) is 72.0 Å². The van der Waals surface area contributed by atoms with E-state index in [1.807, 2.05) is 10.6 Å². The van der Waals surface area contributed by atoms with E-state index in [1.54, 1.807) is 0 Å². The lowest BCUT2D eigenvalue weighted by molar-refractivity contribution is 0.487. The Morgan fingerprint density at radius 1 is 1.25 bits per heavy atom. The molecule has 1 aliphatic rings. The van der Waals surface area contributed by atoms with E-state index >= 15 is 0 Å². The average Bonchev–Trinajstić information content (AvgIpc) is 3.19. The molecule has 3 heteroatoms. The van der Waals surface area contributed by atoms with Crippen LogP contribution in [0.25, 0.3) is 0 Å². The molecule has 1 N–H and O–H groups in total. The predicted octanol–water partition coefficient (Wildman–Crippen LogP) is 3.27. The third-order valence-electron chi connectivity index (χ3n) is 3.97. The molecule has 0 bridgehead atoms. The van der Waals surface area contributed by atoms with Crippen LogP contribution in [0.1, 0.15) is 64.1 Å². The zero-order valence-corrected chi connectivity index (χ0v) is 13.3. The smallest absolute Gasteiger partial charge is 0.255 e. The molecule has 0 unspecified atom stereocenters. The summed E-state index contributed by atoms with van der Waals surface area (Å²) in [6.45, 7) is 10.3. The minimum absolute atomic E-state index is 0.199. The Kier molecular flexibility index (Phi) is 5.03. The minimum atomic E-state index is 0.199. The summed E-state index contributed by atoms with van der Waals surface area (Å²) < 4.78 is 1.99. The lowest BCUT2D eigenvalue weighted by Gasteiger charge is -2.18. The number of hydrogen-bond donors (Lipinski definition) is 1. The third-order valence-corrected chi connectivity index (χ3v) is 3.97. The van der Waals surface area contributed by atoms with Crippen LogP contribution in [-0.4, -0.2) is 10.6 Å². The Hall–Kier alpha value is -1.09. The van der Waals surface area contributed by atoms with Gasteiger partial charge in [0.05, 0.1) is 0 Å². The van der Waals surface area contributed by atoms with Gasteiger partial charge in [-0.25, -0.2) is 0 Å². The van der Waals surface area contributed by atoms with Gasteiger partial charge >= 0.3 is 0 Å². The SMILES string of the molecule is CC(C)CCn1c(C(C)C)ccc(CNC2CC2)c1=O. The van der Waals surface area contributed by atoms with Crippen molar-refractivity contribution < 1.29 is 0 Å². The molecular formula is C17H28N2O. The molecule has 0 atom stereocenters. The number of hydrogen-bond acceptors (Lipinski definition) is 2. The summed E-state index contributed by atoms with van der Waals surface area (Å²) in [6.07, 6.45) is 3.57. The van der Waals surface area contributed by atoms with Gasteiger partial charge in [0.25, 0.3) is 5.56 Å². The van der Waals surface area contributed by atoms with Crippen LogP contribution < -0.4 is 10.9 Å². The quantitative estimate of drug-likeness (QED) is 0.829. The molecule has 0 saturated heterocycles. The summed E-state index contributed by atoms with van der Waals surface area (Å²) in [7, 11) is 0. The van der Waals surface area contributed by atoms with Gasteiger partial charge in [-0.1, -0.05) is 33.8 Å². The molecule has 0 radical (unpaired) electrons. The van der Waals surface area contributed by atoms with Crippen molar-refractivity contribution >= 4 is 0 Å². The van der Waals surface area contributed by atoms with E-state index in [9.17, 15) is 4.79 Å². The molecule has 1 heterocycles. The van der Waals surface area contributed by atoms with Gasteiger partial charge < -0.3 is 9.88 Å². The molecule has 1 aromatic rings. The second kappa shape index (κ2) is 6.57. The van der Waals surface area contributed by atoms with Gasteiger partial charge in [-0.2, -0.15) is 0 Å². The molecule has 0 aliphatic heterocycles. The summed E-state index contributed by atoms with van der Waals surface area (Å²) >= 11 is 0. The van der Waals surface area contributed by atoms with E-state index in [0.29, 0.717) is 24.4 Å². The largest absolute Gasteiger partial charge is 0.312 e. The highest BCUT2D eigenvalue weighted by Gasteiger charge is 2.21. The maximum absolute atomic E-state index is 12.7. The van der Waals surface area contributed by atoms with Gasteiger partial charge in [0, 0.05) is 30.4 Å². The summed E-state index contributed by atoms with van der Waals surface area (Å²) in [4.78, 5) is 12.7. The van der Waals surface area contributed by atoms with Crippen molar-refractivity contribution in [1.82, 2.24) is 9.88 Å². The van der Waals surface area contributed by atoms with Gasteiger partial charge in [-0.15, -0.1) is 0 Å². The third kappa shape index (κ3) is 3.95.